The second kappa shape index (κ2) is 23.1. The molecular weight excluding hydrogens is 801 g/mol. The molecule has 8 atom stereocenters. The van der Waals surface area contributed by atoms with Crippen LogP contribution in [0.15, 0.2) is 90.5 Å². The summed E-state index contributed by atoms with van der Waals surface area (Å²) in [6.45, 7) is 15.9. The lowest BCUT2D eigenvalue weighted by atomic mass is 9.47. The van der Waals surface area contributed by atoms with Gasteiger partial charge in [-0.05, 0) is 151 Å². The zero-order valence-electron chi connectivity index (χ0n) is 41.1. The molecule has 4 aliphatic carbocycles. The van der Waals surface area contributed by atoms with E-state index in [2.05, 4.69) is 71.9 Å². The van der Waals surface area contributed by atoms with Gasteiger partial charge in [0.2, 0.25) is 0 Å². The second-order valence-electron chi connectivity index (χ2n) is 21.6. The summed E-state index contributed by atoms with van der Waals surface area (Å²) in [5.74, 6) is 6.28. The van der Waals surface area contributed by atoms with Crippen molar-refractivity contribution < 1.29 is 23.8 Å². The van der Waals surface area contributed by atoms with Crippen LogP contribution >= 0.6 is 0 Å². The molecule has 5 heteroatoms. The van der Waals surface area contributed by atoms with Crippen molar-refractivity contribution in [3.8, 4) is 22.6 Å². The van der Waals surface area contributed by atoms with E-state index in [4.69, 9.17) is 14.2 Å². The maximum atomic E-state index is 13.1. The normalized spacial score (nSPS) is 26.5. The Kier molecular flexibility index (Phi) is 17.3. The summed E-state index contributed by atoms with van der Waals surface area (Å²) in [7, 11) is 0. The highest BCUT2D eigenvalue weighted by Crippen LogP contribution is 2.67. The van der Waals surface area contributed by atoms with Crippen LogP contribution in [-0.2, 0) is 9.53 Å². The monoisotopic (exact) mass is 883 g/mol. The molecule has 4 aliphatic rings. The number of benzene rings is 3. The van der Waals surface area contributed by atoms with E-state index in [-0.39, 0.29) is 23.3 Å². The Morgan fingerprint density at radius 1 is 0.738 bits per heavy atom. The van der Waals surface area contributed by atoms with Gasteiger partial charge in [0.05, 0.1) is 13.2 Å². The van der Waals surface area contributed by atoms with Gasteiger partial charge in [-0.3, -0.25) is 9.59 Å². The van der Waals surface area contributed by atoms with E-state index in [1.54, 1.807) is 17.7 Å². The number of rotatable bonds is 23. The Hall–Kier alpha value is -4.12. The summed E-state index contributed by atoms with van der Waals surface area (Å²) in [6, 6.07) is 23.8. The van der Waals surface area contributed by atoms with Crippen LogP contribution in [0.1, 0.15) is 179 Å². The zero-order valence-corrected chi connectivity index (χ0v) is 41.1. The second-order valence-corrected chi connectivity index (χ2v) is 21.6. The molecule has 0 radical (unpaired) electrons. The topological polar surface area (TPSA) is 61.8 Å². The number of carbonyl (C=O) groups excluding carboxylic acids is 2. The van der Waals surface area contributed by atoms with E-state index in [0.29, 0.717) is 36.2 Å². The molecule has 5 nitrogen and oxygen atoms in total. The third-order valence-corrected chi connectivity index (χ3v) is 16.8. The lowest BCUT2D eigenvalue weighted by Crippen LogP contribution is -2.51. The average molecular weight is 883 g/mol. The lowest BCUT2D eigenvalue weighted by Gasteiger charge is -2.58. The summed E-state index contributed by atoms with van der Waals surface area (Å²) < 4.78 is 18.1. The minimum Gasteiger partial charge on any atom is -0.494 e. The molecule has 0 bridgehead atoms. The fraction of sp³-hybridized carbons (Fsp3) is 0.600. The Balaban J connectivity index is 0.812. The van der Waals surface area contributed by atoms with Crippen molar-refractivity contribution in [1.29, 1.82) is 0 Å². The molecule has 352 valence electrons. The van der Waals surface area contributed by atoms with Crippen LogP contribution in [0.4, 0.5) is 0 Å². The molecule has 0 saturated heterocycles. The Labute approximate surface area is 393 Å². The molecule has 65 heavy (non-hydrogen) atoms. The molecule has 3 saturated carbocycles. The molecule has 3 fully saturated rings. The van der Waals surface area contributed by atoms with E-state index in [0.717, 1.165) is 90.2 Å². The van der Waals surface area contributed by atoms with Gasteiger partial charge in [-0.15, -0.1) is 0 Å². The van der Waals surface area contributed by atoms with E-state index < -0.39 is 0 Å². The number of esters is 1. The minimum absolute atomic E-state index is 0.0264. The molecule has 0 unspecified atom stereocenters. The average Bonchev–Trinajstić information content (AvgIpc) is 3.67. The molecule has 0 aliphatic heterocycles. The standard InChI is InChI=1S/C60H82O5/c1-7-8-9-10-11-12-39-63-50-29-26-47(27-30-50)46-24-21-45(22-25-46)23-34-57(61)48-18-14-19-51(41-48)64-40-15-20-58(62)65-52-35-37-59(5)49(42-52)28-31-53-55-33-32-54(44(4)17-13-16-43(2)3)60(55,6)38-36-56(53)59/h14,18-19,21-30,34,41,43-44,52-56H,7-13,15-17,20,31-33,35-40,42H2,1-6H3/b34-23+/t44-,52+,53+,54-,55+,56+,59+,60-/m1/s1. The summed E-state index contributed by atoms with van der Waals surface area (Å²) in [4.78, 5) is 26.2. The van der Waals surface area contributed by atoms with Crippen LogP contribution in [0.3, 0.4) is 0 Å². The molecule has 0 N–H and O–H groups in total. The third kappa shape index (κ3) is 12.5. The first-order valence-electron chi connectivity index (χ1n) is 26.1. The number of ketones is 1. The van der Waals surface area contributed by atoms with Crippen molar-refractivity contribution in [2.24, 2.45) is 46.3 Å². The lowest BCUT2D eigenvalue weighted by molar-refractivity contribution is -0.151. The maximum Gasteiger partial charge on any atom is 0.306 e. The van der Waals surface area contributed by atoms with Gasteiger partial charge < -0.3 is 14.2 Å². The highest BCUT2D eigenvalue weighted by atomic mass is 16.5. The molecule has 0 heterocycles. The number of hydrogen-bond acceptors (Lipinski definition) is 5. The quantitative estimate of drug-likeness (QED) is 0.0312. The van der Waals surface area contributed by atoms with Gasteiger partial charge in [0.1, 0.15) is 17.6 Å². The van der Waals surface area contributed by atoms with Crippen LogP contribution in [0, 0.1) is 46.3 Å². The summed E-state index contributed by atoms with van der Waals surface area (Å²) in [6.07, 6.45) is 28.4. The summed E-state index contributed by atoms with van der Waals surface area (Å²) in [5, 5.41) is 0. The third-order valence-electron chi connectivity index (χ3n) is 16.8. The zero-order chi connectivity index (χ0) is 45.8. The molecule has 3 aromatic carbocycles. The Morgan fingerprint density at radius 2 is 1.46 bits per heavy atom. The number of unbranched alkanes of at least 4 members (excludes halogenated alkanes) is 5. The first kappa shape index (κ1) is 48.8. The van der Waals surface area contributed by atoms with E-state index >= 15 is 0 Å². The molecule has 7 rings (SSSR count). The van der Waals surface area contributed by atoms with Gasteiger partial charge in [-0.25, -0.2) is 0 Å². The SMILES string of the molecule is CCCCCCCCOc1ccc(-c2ccc(/C=C/C(=O)c3cccc(OCCCC(=O)O[C@H]4CC[C@@]5(C)C(=CC[C@H]6[C@@H]7CC[C@H]([C@H](C)CCCC(C)C)[C@@]7(C)CC[C@@H]65)C4)c3)cc2)cc1. The maximum absolute atomic E-state index is 13.1. The summed E-state index contributed by atoms with van der Waals surface area (Å²) >= 11 is 0. The predicted molar refractivity (Wildman–Crippen MR) is 268 cm³/mol. The van der Waals surface area contributed by atoms with Gasteiger partial charge >= 0.3 is 5.97 Å². The first-order valence-corrected chi connectivity index (χ1v) is 26.1. The van der Waals surface area contributed by atoms with Gasteiger partial charge in [-0.1, -0.05) is 159 Å². The predicted octanol–water partition coefficient (Wildman–Crippen LogP) is 16.1. The van der Waals surface area contributed by atoms with Crippen LogP contribution in [-0.4, -0.2) is 31.1 Å². The minimum atomic E-state index is -0.131. The number of fused-ring (bicyclic) bond motifs is 5. The molecule has 3 aromatic rings. The van der Waals surface area contributed by atoms with Crippen molar-refractivity contribution in [2.45, 2.75) is 170 Å². The summed E-state index contributed by atoms with van der Waals surface area (Å²) in [5.41, 5.74) is 6.08. The molecule has 0 spiro atoms. The number of ether oxygens (including phenoxy) is 3. The smallest absolute Gasteiger partial charge is 0.306 e. The van der Waals surface area contributed by atoms with Crippen molar-refractivity contribution in [2.75, 3.05) is 13.2 Å². The van der Waals surface area contributed by atoms with Crippen molar-refractivity contribution in [1.82, 2.24) is 0 Å². The van der Waals surface area contributed by atoms with Gasteiger partial charge in [0.25, 0.3) is 0 Å². The number of carbonyl (C=O) groups is 2. The Bertz CT molecular complexity index is 2040. The van der Waals surface area contributed by atoms with E-state index in [9.17, 15) is 9.59 Å². The van der Waals surface area contributed by atoms with E-state index in [1.165, 1.54) is 83.5 Å². The Morgan fingerprint density at radius 3 is 2.23 bits per heavy atom. The highest BCUT2D eigenvalue weighted by Gasteiger charge is 2.59. The van der Waals surface area contributed by atoms with Crippen LogP contribution in [0.5, 0.6) is 11.5 Å². The number of allylic oxidation sites excluding steroid dienone is 2. The van der Waals surface area contributed by atoms with Gasteiger partial charge in [0.15, 0.2) is 5.78 Å². The number of hydrogen-bond donors (Lipinski definition) is 0. The fourth-order valence-electron chi connectivity index (χ4n) is 13.0. The van der Waals surface area contributed by atoms with Crippen molar-refractivity contribution in [3.63, 3.8) is 0 Å². The van der Waals surface area contributed by atoms with Gasteiger partial charge in [-0.2, -0.15) is 0 Å². The molecular formula is C60H82O5. The largest absolute Gasteiger partial charge is 0.494 e. The molecule has 0 amide bonds. The highest BCUT2D eigenvalue weighted by molar-refractivity contribution is 6.07. The van der Waals surface area contributed by atoms with Crippen molar-refractivity contribution in [3.05, 3.63) is 102 Å². The van der Waals surface area contributed by atoms with Crippen LogP contribution in [0.2, 0.25) is 0 Å². The van der Waals surface area contributed by atoms with Crippen LogP contribution in [0.25, 0.3) is 17.2 Å². The van der Waals surface area contributed by atoms with Gasteiger partial charge in [0, 0.05) is 18.4 Å². The first-order chi connectivity index (χ1) is 31.5. The van der Waals surface area contributed by atoms with Crippen molar-refractivity contribution >= 4 is 17.8 Å². The molecule has 0 aromatic heterocycles. The fourth-order valence-corrected chi connectivity index (χ4v) is 13.0. The van der Waals surface area contributed by atoms with Crippen LogP contribution < -0.4 is 9.47 Å². The van der Waals surface area contributed by atoms with E-state index in [1.807, 2.05) is 48.5 Å².